The Hall–Kier alpha value is -0.670. The van der Waals surface area contributed by atoms with Crippen molar-refractivity contribution in [3.8, 4) is 0 Å². The Morgan fingerprint density at radius 1 is 1.21 bits per heavy atom. The lowest BCUT2D eigenvalue weighted by Crippen LogP contribution is -2.45. The lowest BCUT2D eigenvalue weighted by Gasteiger charge is -2.38. The zero-order valence-corrected chi connectivity index (χ0v) is 12.5. The molecule has 19 heavy (non-hydrogen) atoms. The first-order chi connectivity index (χ1) is 9.23. The molecular formula is C16H23NOS. The van der Waals surface area contributed by atoms with E-state index in [0.717, 1.165) is 25.0 Å². The molecule has 0 unspecified atom stereocenters. The van der Waals surface area contributed by atoms with Gasteiger partial charge in [0.25, 0.3) is 0 Å². The number of ether oxygens (including phenoxy) is 1. The molecule has 0 atom stereocenters. The summed E-state index contributed by atoms with van der Waals surface area (Å²) in [6, 6.07) is 8.93. The van der Waals surface area contributed by atoms with E-state index in [1.807, 2.05) is 0 Å². The molecule has 1 aromatic rings. The Morgan fingerprint density at radius 3 is 2.47 bits per heavy atom. The van der Waals surface area contributed by atoms with Crippen molar-refractivity contribution in [2.45, 2.75) is 42.8 Å². The van der Waals surface area contributed by atoms with Crippen LogP contribution in [0.15, 0.2) is 29.2 Å². The topological polar surface area (TPSA) is 21.3 Å². The minimum Gasteiger partial charge on any atom is -0.384 e. The molecule has 1 aromatic carbocycles. The number of hydrogen-bond acceptors (Lipinski definition) is 3. The van der Waals surface area contributed by atoms with Crippen molar-refractivity contribution < 1.29 is 4.74 Å². The highest BCUT2D eigenvalue weighted by Gasteiger charge is 2.32. The molecule has 2 fully saturated rings. The molecule has 0 radical (unpaired) electrons. The average Bonchev–Trinajstić information content (AvgIpc) is 2.89. The molecule has 1 N–H and O–H groups in total. The number of rotatable bonds is 5. The number of hydrogen-bond donors (Lipinski definition) is 1. The van der Waals surface area contributed by atoms with Gasteiger partial charge in [-0.25, -0.2) is 0 Å². The molecule has 3 rings (SSSR count). The smallest absolute Gasteiger partial charge is 0.0559 e. The summed E-state index contributed by atoms with van der Waals surface area (Å²) in [7, 11) is 0. The van der Waals surface area contributed by atoms with Gasteiger partial charge in [0, 0.05) is 27.8 Å². The van der Waals surface area contributed by atoms with E-state index in [-0.39, 0.29) is 0 Å². The first-order valence-corrected chi connectivity index (χ1v) is 8.20. The number of thioether (sulfide) groups is 1. The number of anilines is 1. The second-order valence-corrected chi connectivity index (χ2v) is 7.58. The van der Waals surface area contributed by atoms with Crippen molar-refractivity contribution in [2.75, 3.05) is 25.1 Å². The summed E-state index contributed by atoms with van der Waals surface area (Å²) < 4.78 is 5.28. The summed E-state index contributed by atoms with van der Waals surface area (Å²) in [6.45, 7) is 5.04. The van der Waals surface area contributed by atoms with Crippen molar-refractivity contribution in [3.05, 3.63) is 24.3 Å². The van der Waals surface area contributed by atoms with Gasteiger partial charge >= 0.3 is 0 Å². The van der Waals surface area contributed by atoms with Crippen molar-refractivity contribution >= 4 is 17.4 Å². The van der Waals surface area contributed by atoms with Crippen molar-refractivity contribution in [1.29, 1.82) is 0 Å². The fraction of sp³-hybridized carbons (Fsp3) is 0.625. The van der Waals surface area contributed by atoms with Crippen LogP contribution in [0, 0.1) is 5.41 Å². The third-order valence-electron chi connectivity index (χ3n) is 4.08. The summed E-state index contributed by atoms with van der Waals surface area (Å²) in [5, 5.41) is 4.37. The fourth-order valence-corrected chi connectivity index (χ4v) is 3.97. The van der Waals surface area contributed by atoms with Crippen LogP contribution in [0.5, 0.6) is 0 Å². The van der Waals surface area contributed by atoms with Crippen LogP contribution in [-0.4, -0.2) is 25.0 Å². The maximum absolute atomic E-state index is 5.28. The molecule has 1 saturated heterocycles. The Labute approximate surface area is 120 Å². The van der Waals surface area contributed by atoms with Gasteiger partial charge in [-0.05, 0) is 37.1 Å². The maximum atomic E-state index is 5.28. The molecule has 1 heterocycles. The SMILES string of the molecule is CC1(CNc2ccc(SC3CCCC3)cc2)COC1. The van der Waals surface area contributed by atoms with Gasteiger partial charge in [-0.3, -0.25) is 0 Å². The van der Waals surface area contributed by atoms with Gasteiger partial charge in [0.2, 0.25) is 0 Å². The van der Waals surface area contributed by atoms with E-state index in [4.69, 9.17) is 4.74 Å². The van der Waals surface area contributed by atoms with E-state index < -0.39 is 0 Å². The molecule has 0 bridgehead atoms. The quantitative estimate of drug-likeness (QED) is 0.873. The van der Waals surface area contributed by atoms with E-state index in [1.54, 1.807) is 0 Å². The van der Waals surface area contributed by atoms with Gasteiger partial charge in [0.15, 0.2) is 0 Å². The molecule has 2 aliphatic rings. The summed E-state index contributed by atoms with van der Waals surface area (Å²) in [5.74, 6) is 0. The second kappa shape index (κ2) is 5.76. The lowest BCUT2D eigenvalue weighted by molar-refractivity contribution is -0.0924. The Bertz CT molecular complexity index is 407. The molecule has 0 spiro atoms. The normalized spacial score (nSPS) is 22.2. The summed E-state index contributed by atoms with van der Waals surface area (Å²) in [6.07, 6.45) is 5.61. The fourth-order valence-electron chi connectivity index (χ4n) is 2.72. The molecule has 1 aliphatic carbocycles. The van der Waals surface area contributed by atoms with E-state index in [0.29, 0.717) is 5.41 Å². The largest absolute Gasteiger partial charge is 0.384 e. The summed E-state index contributed by atoms with van der Waals surface area (Å²) in [4.78, 5) is 1.41. The van der Waals surface area contributed by atoms with Crippen molar-refractivity contribution in [2.24, 2.45) is 5.41 Å². The Balaban J connectivity index is 1.50. The van der Waals surface area contributed by atoms with Crippen LogP contribution in [0.1, 0.15) is 32.6 Å². The molecule has 0 aromatic heterocycles. The molecule has 0 amide bonds. The number of nitrogens with one attached hydrogen (secondary N) is 1. The molecule has 104 valence electrons. The summed E-state index contributed by atoms with van der Waals surface area (Å²) in [5.41, 5.74) is 1.56. The van der Waals surface area contributed by atoms with Crippen molar-refractivity contribution in [3.63, 3.8) is 0 Å². The zero-order chi connectivity index (χ0) is 13.1. The third kappa shape index (κ3) is 3.46. The second-order valence-electron chi connectivity index (χ2n) is 6.21. The minimum absolute atomic E-state index is 0.331. The van der Waals surface area contributed by atoms with Gasteiger partial charge in [-0.1, -0.05) is 19.8 Å². The first kappa shape index (κ1) is 13.3. The van der Waals surface area contributed by atoms with Crippen LogP contribution in [-0.2, 0) is 4.74 Å². The van der Waals surface area contributed by atoms with E-state index in [1.165, 1.54) is 36.3 Å². The third-order valence-corrected chi connectivity index (χ3v) is 5.43. The van der Waals surface area contributed by atoms with E-state index >= 15 is 0 Å². The number of benzene rings is 1. The van der Waals surface area contributed by atoms with Gasteiger partial charge < -0.3 is 10.1 Å². The lowest BCUT2D eigenvalue weighted by atomic mass is 9.89. The molecule has 1 aliphatic heterocycles. The maximum Gasteiger partial charge on any atom is 0.0559 e. The highest BCUT2D eigenvalue weighted by molar-refractivity contribution is 8.00. The van der Waals surface area contributed by atoms with Gasteiger partial charge in [0.1, 0.15) is 0 Å². The van der Waals surface area contributed by atoms with Crippen LogP contribution in [0.2, 0.25) is 0 Å². The molecular weight excluding hydrogens is 254 g/mol. The highest BCUT2D eigenvalue weighted by atomic mass is 32.2. The highest BCUT2D eigenvalue weighted by Crippen LogP contribution is 2.35. The van der Waals surface area contributed by atoms with E-state index in [9.17, 15) is 0 Å². The predicted octanol–water partition coefficient (Wildman–Crippen LogP) is 4.17. The zero-order valence-electron chi connectivity index (χ0n) is 11.7. The molecule has 3 heteroatoms. The Morgan fingerprint density at radius 2 is 1.89 bits per heavy atom. The van der Waals surface area contributed by atoms with Crippen LogP contribution in [0.25, 0.3) is 0 Å². The van der Waals surface area contributed by atoms with E-state index in [2.05, 4.69) is 48.3 Å². The van der Waals surface area contributed by atoms with Gasteiger partial charge in [0.05, 0.1) is 13.2 Å². The Kier molecular flexibility index (Phi) is 4.04. The predicted molar refractivity (Wildman–Crippen MR) is 82.0 cm³/mol. The van der Waals surface area contributed by atoms with Crippen molar-refractivity contribution in [1.82, 2.24) is 0 Å². The van der Waals surface area contributed by atoms with Crippen LogP contribution in [0.3, 0.4) is 0 Å². The average molecular weight is 277 g/mol. The monoisotopic (exact) mass is 277 g/mol. The summed E-state index contributed by atoms with van der Waals surface area (Å²) >= 11 is 2.05. The van der Waals surface area contributed by atoms with Crippen LogP contribution < -0.4 is 5.32 Å². The van der Waals surface area contributed by atoms with Gasteiger partial charge in [-0.15, -0.1) is 11.8 Å². The standard InChI is InChI=1S/C16H23NOS/c1-16(11-18-12-16)10-17-13-6-8-15(9-7-13)19-14-4-2-3-5-14/h6-9,14,17H,2-5,10-12H2,1H3. The first-order valence-electron chi connectivity index (χ1n) is 7.32. The van der Waals surface area contributed by atoms with Crippen LogP contribution >= 0.6 is 11.8 Å². The van der Waals surface area contributed by atoms with Crippen LogP contribution in [0.4, 0.5) is 5.69 Å². The molecule has 1 saturated carbocycles. The molecule has 2 nitrogen and oxygen atoms in total. The van der Waals surface area contributed by atoms with Gasteiger partial charge in [-0.2, -0.15) is 0 Å². The minimum atomic E-state index is 0.331.